The first-order valence-electron chi connectivity index (χ1n) is 8.15. The molecule has 2 aliphatic rings. The van der Waals surface area contributed by atoms with E-state index in [0.717, 1.165) is 6.42 Å². The summed E-state index contributed by atoms with van der Waals surface area (Å²) >= 11 is 0. The van der Waals surface area contributed by atoms with E-state index < -0.39 is 11.7 Å². The SMILES string of the molecule is CC(C)(C)OC(=O)N[C@@H](CC1CCCCC1)[C@H]1O[C@H]1CO. The van der Waals surface area contributed by atoms with Crippen LogP contribution in [0.15, 0.2) is 0 Å². The molecule has 1 heterocycles. The number of carbonyl (C=O) groups excluding carboxylic acids is 1. The highest BCUT2D eigenvalue weighted by Gasteiger charge is 2.46. The Morgan fingerprint density at radius 1 is 1.33 bits per heavy atom. The Hall–Kier alpha value is -0.810. The topological polar surface area (TPSA) is 71.1 Å². The quantitative estimate of drug-likeness (QED) is 0.766. The molecule has 0 radical (unpaired) electrons. The van der Waals surface area contributed by atoms with Crippen molar-refractivity contribution in [3.05, 3.63) is 0 Å². The van der Waals surface area contributed by atoms with Crippen LogP contribution in [-0.4, -0.2) is 41.7 Å². The molecular formula is C16H29NO4. The van der Waals surface area contributed by atoms with Gasteiger partial charge in [-0.15, -0.1) is 0 Å². The predicted octanol–water partition coefficient (Wildman–Crippen LogP) is 2.61. The molecule has 1 saturated heterocycles. The van der Waals surface area contributed by atoms with Crippen molar-refractivity contribution >= 4 is 6.09 Å². The highest BCUT2D eigenvalue weighted by molar-refractivity contribution is 5.68. The van der Waals surface area contributed by atoms with Crippen LogP contribution in [0.2, 0.25) is 0 Å². The van der Waals surface area contributed by atoms with E-state index in [9.17, 15) is 9.90 Å². The number of alkyl carbamates (subject to hydrolysis) is 1. The minimum Gasteiger partial charge on any atom is -0.444 e. The molecule has 0 spiro atoms. The zero-order valence-corrected chi connectivity index (χ0v) is 13.4. The summed E-state index contributed by atoms with van der Waals surface area (Å²) in [5.74, 6) is 0.641. The Bertz CT molecular complexity index is 347. The van der Waals surface area contributed by atoms with Gasteiger partial charge in [0.1, 0.15) is 17.8 Å². The molecule has 21 heavy (non-hydrogen) atoms. The molecule has 5 nitrogen and oxygen atoms in total. The second-order valence-corrected chi connectivity index (χ2v) is 7.31. The number of hydrogen-bond acceptors (Lipinski definition) is 4. The van der Waals surface area contributed by atoms with Gasteiger partial charge < -0.3 is 19.9 Å². The summed E-state index contributed by atoms with van der Waals surface area (Å²) in [7, 11) is 0. The van der Waals surface area contributed by atoms with Crippen LogP contribution in [0.3, 0.4) is 0 Å². The number of nitrogens with one attached hydrogen (secondary N) is 1. The molecule has 2 N–H and O–H groups in total. The standard InChI is InChI=1S/C16H29NO4/c1-16(2,3)21-15(19)17-12(14-13(10-18)20-14)9-11-7-5-4-6-8-11/h11-14,18H,4-10H2,1-3H3,(H,17,19)/t12-,13-,14+/m0/s1. The lowest BCUT2D eigenvalue weighted by Gasteiger charge is -2.27. The summed E-state index contributed by atoms with van der Waals surface area (Å²) in [5.41, 5.74) is -0.500. The summed E-state index contributed by atoms with van der Waals surface area (Å²) in [4.78, 5) is 12.0. The van der Waals surface area contributed by atoms with E-state index in [0.29, 0.717) is 5.92 Å². The fraction of sp³-hybridized carbons (Fsp3) is 0.938. The number of ether oxygens (including phenoxy) is 2. The smallest absolute Gasteiger partial charge is 0.407 e. The zero-order valence-electron chi connectivity index (χ0n) is 13.4. The van der Waals surface area contributed by atoms with Crippen molar-refractivity contribution in [1.82, 2.24) is 5.32 Å². The summed E-state index contributed by atoms with van der Waals surface area (Å²) < 4.78 is 10.8. The summed E-state index contributed by atoms with van der Waals surface area (Å²) in [6, 6.07) is -0.0555. The minimum atomic E-state index is -0.500. The first-order chi connectivity index (χ1) is 9.89. The largest absolute Gasteiger partial charge is 0.444 e. The molecule has 2 fully saturated rings. The summed E-state index contributed by atoms with van der Waals surface area (Å²) in [6.07, 6.45) is 6.65. The van der Waals surface area contributed by atoms with Gasteiger partial charge in [0.05, 0.1) is 12.6 Å². The average molecular weight is 299 g/mol. The zero-order chi connectivity index (χ0) is 15.5. The summed E-state index contributed by atoms with van der Waals surface area (Å²) in [5, 5.41) is 12.1. The van der Waals surface area contributed by atoms with Crippen LogP contribution in [0, 0.1) is 5.92 Å². The van der Waals surface area contributed by atoms with Crippen molar-refractivity contribution in [2.24, 2.45) is 5.92 Å². The van der Waals surface area contributed by atoms with Gasteiger partial charge in [0.25, 0.3) is 0 Å². The third kappa shape index (κ3) is 5.47. The molecule has 122 valence electrons. The third-order valence-electron chi connectivity index (χ3n) is 4.21. The van der Waals surface area contributed by atoms with Gasteiger partial charge in [-0.3, -0.25) is 0 Å². The van der Waals surface area contributed by atoms with Gasteiger partial charge in [0.15, 0.2) is 0 Å². The molecule has 0 unspecified atom stereocenters. The van der Waals surface area contributed by atoms with Crippen LogP contribution in [0.1, 0.15) is 59.3 Å². The highest BCUT2D eigenvalue weighted by atomic mass is 16.6. The molecule has 3 atom stereocenters. The van der Waals surface area contributed by atoms with Crippen LogP contribution >= 0.6 is 0 Å². The van der Waals surface area contributed by atoms with Gasteiger partial charge in [-0.2, -0.15) is 0 Å². The lowest BCUT2D eigenvalue weighted by molar-refractivity contribution is 0.0484. The second kappa shape index (κ2) is 6.97. The van der Waals surface area contributed by atoms with Crippen molar-refractivity contribution in [2.75, 3.05) is 6.61 Å². The van der Waals surface area contributed by atoms with Crippen molar-refractivity contribution in [3.8, 4) is 0 Å². The van der Waals surface area contributed by atoms with Crippen molar-refractivity contribution < 1.29 is 19.4 Å². The van der Waals surface area contributed by atoms with E-state index in [1.165, 1.54) is 32.1 Å². The average Bonchev–Trinajstić information content (AvgIpc) is 3.16. The number of hydrogen-bond donors (Lipinski definition) is 2. The molecule has 1 saturated carbocycles. The lowest BCUT2D eigenvalue weighted by atomic mass is 9.84. The molecule has 0 aromatic heterocycles. The predicted molar refractivity (Wildman–Crippen MR) is 80.1 cm³/mol. The van der Waals surface area contributed by atoms with Crippen LogP contribution in [0.4, 0.5) is 4.79 Å². The molecule has 0 aromatic rings. The van der Waals surface area contributed by atoms with E-state index >= 15 is 0 Å². The first-order valence-corrected chi connectivity index (χ1v) is 8.15. The van der Waals surface area contributed by atoms with Crippen LogP contribution < -0.4 is 5.32 Å². The highest BCUT2D eigenvalue weighted by Crippen LogP contribution is 2.33. The second-order valence-electron chi connectivity index (χ2n) is 7.31. The Kier molecular flexibility index (Phi) is 5.49. The van der Waals surface area contributed by atoms with E-state index in [4.69, 9.17) is 9.47 Å². The van der Waals surface area contributed by atoms with E-state index in [1.54, 1.807) is 0 Å². The molecule has 0 aromatic carbocycles. The maximum absolute atomic E-state index is 12.0. The maximum Gasteiger partial charge on any atom is 0.407 e. The van der Waals surface area contributed by atoms with E-state index in [-0.39, 0.29) is 24.9 Å². The fourth-order valence-electron chi connectivity index (χ4n) is 3.17. The Balaban J connectivity index is 1.88. The van der Waals surface area contributed by atoms with Crippen LogP contribution in [-0.2, 0) is 9.47 Å². The van der Waals surface area contributed by atoms with Crippen molar-refractivity contribution in [3.63, 3.8) is 0 Å². The minimum absolute atomic E-state index is 0.0157. The fourth-order valence-corrected chi connectivity index (χ4v) is 3.17. The third-order valence-corrected chi connectivity index (χ3v) is 4.21. The molecule has 1 aliphatic heterocycles. The molecular weight excluding hydrogens is 270 g/mol. The van der Waals surface area contributed by atoms with Crippen LogP contribution in [0.25, 0.3) is 0 Å². The normalized spacial score (nSPS) is 28.0. The Morgan fingerprint density at radius 2 is 2.00 bits per heavy atom. The van der Waals surface area contributed by atoms with E-state index in [2.05, 4.69) is 5.32 Å². The van der Waals surface area contributed by atoms with Gasteiger partial charge in [0, 0.05) is 0 Å². The molecule has 0 bridgehead atoms. The van der Waals surface area contributed by atoms with Gasteiger partial charge in [-0.1, -0.05) is 32.1 Å². The molecule has 2 rings (SSSR count). The number of rotatable bonds is 5. The van der Waals surface area contributed by atoms with Crippen molar-refractivity contribution in [1.29, 1.82) is 0 Å². The number of aliphatic hydroxyl groups excluding tert-OH is 1. The lowest BCUT2D eigenvalue weighted by Crippen LogP contribution is -2.43. The molecule has 1 amide bonds. The number of epoxide rings is 1. The monoisotopic (exact) mass is 299 g/mol. The van der Waals surface area contributed by atoms with Gasteiger partial charge >= 0.3 is 6.09 Å². The summed E-state index contributed by atoms with van der Waals surface area (Å²) in [6.45, 7) is 5.58. The van der Waals surface area contributed by atoms with Crippen molar-refractivity contribution in [2.45, 2.75) is 83.1 Å². The number of carbonyl (C=O) groups is 1. The number of amides is 1. The van der Waals surface area contributed by atoms with Gasteiger partial charge in [0.2, 0.25) is 0 Å². The maximum atomic E-state index is 12.0. The Morgan fingerprint density at radius 3 is 2.52 bits per heavy atom. The number of aliphatic hydroxyl groups is 1. The van der Waals surface area contributed by atoms with Gasteiger partial charge in [-0.05, 0) is 33.1 Å². The first kappa shape index (κ1) is 16.6. The molecule has 5 heteroatoms. The Labute approximate surface area is 127 Å². The molecule has 1 aliphatic carbocycles. The van der Waals surface area contributed by atoms with Gasteiger partial charge in [-0.25, -0.2) is 4.79 Å². The van der Waals surface area contributed by atoms with E-state index in [1.807, 2.05) is 20.8 Å². The van der Waals surface area contributed by atoms with Crippen LogP contribution in [0.5, 0.6) is 0 Å².